The third-order valence-corrected chi connectivity index (χ3v) is 5.35. The van der Waals surface area contributed by atoms with Gasteiger partial charge in [0, 0.05) is 30.0 Å². The van der Waals surface area contributed by atoms with Gasteiger partial charge in [-0.3, -0.25) is 4.79 Å². The van der Waals surface area contributed by atoms with E-state index in [2.05, 4.69) is 14.6 Å². The smallest absolute Gasteiger partial charge is 0.314 e. The molecule has 1 aliphatic heterocycles. The van der Waals surface area contributed by atoms with E-state index in [1.165, 1.54) is 24.3 Å². The molecular weight excluding hydrogens is 359 g/mol. The molecule has 0 fully saturated rings. The van der Waals surface area contributed by atoms with E-state index >= 15 is 0 Å². The quantitative estimate of drug-likeness (QED) is 0.503. The molecule has 3 heterocycles. The summed E-state index contributed by atoms with van der Waals surface area (Å²) in [5, 5.41) is 20.8. The molecule has 4 rings (SSSR count). The zero-order valence-electron chi connectivity index (χ0n) is 14.1. The molecule has 3 aromatic rings. The van der Waals surface area contributed by atoms with Crippen LogP contribution in [0.4, 0.5) is 4.39 Å². The van der Waals surface area contributed by atoms with Crippen molar-refractivity contribution in [3.63, 3.8) is 0 Å². The first-order valence-electron chi connectivity index (χ1n) is 8.03. The van der Waals surface area contributed by atoms with E-state index in [0.717, 1.165) is 16.3 Å². The molecule has 1 aromatic carbocycles. The van der Waals surface area contributed by atoms with Crippen molar-refractivity contribution in [2.45, 2.75) is 26.4 Å². The first-order chi connectivity index (χ1) is 12.5. The van der Waals surface area contributed by atoms with Gasteiger partial charge in [-0.05, 0) is 31.2 Å². The van der Waals surface area contributed by atoms with Gasteiger partial charge in [0.2, 0.25) is 5.82 Å². The number of rotatable bonds is 2. The van der Waals surface area contributed by atoms with Gasteiger partial charge in [0.1, 0.15) is 17.3 Å². The van der Waals surface area contributed by atoms with Gasteiger partial charge in [-0.25, -0.2) is 9.12 Å². The Balaban J connectivity index is 1.65. The molecule has 2 aromatic heterocycles. The zero-order valence-corrected chi connectivity index (χ0v) is 14.9. The molecule has 0 saturated carbocycles. The van der Waals surface area contributed by atoms with E-state index in [4.69, 9.17) is 0 Å². The van der Waals surface area contributed by atoms with Crippen LogP contribution >= 0.6 is 11.5 Å². The molecule has 26 heavy (non-hydrogen) atoms. The fraction of sp³-hybridized carbons (Fsp3) is 0.312. The fourth-order valence-corrected chi connectivity index (χ4v) is 3.77. The number of nitrogens with zero attached hydrogens (tertiary/aromatic N) is 6. The second kappa shape index (κ2) is 6.13. The molecule has 0 unspecified atom stereocenters. The number of halogens is 1. The van der Waals surface area contributed by atoms with Gasteiger partial charge in [-0.1, -0.05) is 0 Å². The van der Waals surface area contributed by atoms with Crippen LogP contribution in [0.5, 0.6) is 0 Å². The van der Waals surface area contributed by atoms with Crippen LogP contribution in [0.2, 0.25) is 0 Å². The van der Waals surface area contributed by atoms with Gasteiger partial charge in [0.05, 0.1) is 6.04 Å². The Hall–Kier alpha value is -2.88. The lowest BCUT2D eigenvalue weighted by molar-refractivity contribution is -0.598. The van der Waals surface area contributed by atoms with Crippen LogP contribution < -0.4 is 4.73 Å². The average Bonchev–Trinajstić information content (AvgIpc) is 3.20. The molecule has 1 amide bonds. The molecule has 1 aliphatic rings. The molecule has 1 atom stereocenters. The Morgan fingerprint density at radius 1 is 1.31 bits per heavy atom. The summed E-state index contributed by atoms with van der Waals surface area (Å²) in [6.45, 7) is 4.39. The normalized spacial score (nSPS) is 16.6. The minimum atomic E-state index is -0.386. The Morgan fingerprint density at radius 2 is 2.04 bits per heavy atom. The Morgan fingerprint density at radius 3 is 2.69 bits per heavy atom. The molecule has 134 valence electrons. The van der Waals surface area contributed by atoms with Crippen molar-refractivity contribution >= 4 is 17.4 Å². The molecular formula is C16H15FN6O2S. The molecule has 10 heteroatoms. The number of hydrogen-bond acceptors (Lipinski definition) is 6. The standard InChI is InChI=1S/C16H15FN6O2S/c1-9-13-18-19-14(16-23(25)10(2)20-26-16)22(13)8-7-21(9)15(24)11-3-5-12(17)6-4-11/h3-6,9H,7-8H2,1-2H3/t9-/m1/s1. The highest BCUT2D eigenvalue weighted by Crippen LogP contribution is 2.29. The maximum Gasteiger partial charge on any atom is 0.314 e. The summed E-state index contributed by atoms with van der Waals surface area (Å²) in [6.07, 6.45) is 0. The fourth-order valence-electron chi connectivity index (χ4n) is 3.04. The number of aromatic nitrogens is 5. The molecule has 0 aliphatic carbocycles. The Labute approximate surface area is 152 Å². The highest BCUT2D eigenvalue weighted by molar-refractivity contribution is 7.08. The van der Waals surface area contributed by atoms with Gasteiger partial charge >= 0.3 is 5.82 Å². The second-order valence-electron chi connectivity index (χ2n) is 6.04. The molecule has 0 N–H and O–H groups in total. The second-order valence-corrected chi connectivity index (χ2v) is 6.80. The van der Waals surface area contributed by atoms with Crippen molar-refractivity contribution in [3.8, 4) is 10.8 Å². The maximum atomic E-state index is 13.1. The predicted molar refractivity (Wildman–Crippen MR) is 90.7 cm³/mol. The van der Waals surface area contributed by atoms with Gasteiger partial charge in [-0.2, -0.15) is 0 Å². The highest BCUT2D eigenvalue weighted by Gasteiger charge is 2.34. The van der Waals surface area contributed by atoms with Crippen LogP contribution in [0.3, 0.4) is 0 Å². The summed E-state index contributed by atoms with van der Waals surface area (Å²) in [5.74, 6) is 0.845. The third kappa shape index (κ3) is 2.53. The summed E-state index contributed by atoms with van der Waals surface area (Å²) < 4.78 is 19.7. The van der Waals surface area contributed by atoms with E-state index in [9.17, 15) is 14.4 Å². The Bertz CT molecular complexity index is 983. The van der Waals surface area contributed by atoms with Crippen LogP contribution in [-0.2, 0) is 6.54 Å². The number of hydrogen-bond donors (Lipinski definition) is 0. The third-order valence-electron chi connectivity index (χ3n) is 4.47. The van der Waals surface area contributed by atoms with Crippen molar-refractivity contribution < 1.29 is 13.9 Å². The molecule has 0 bridgehead atoms. The highest BCUT2D eigenvalue weighted by atomic mass is 32.1. The molecule has 0 saturated heterocycles. The lowest BCUT2D eigenvalue weighted by atomic mass is 10.1. The number of fused-ring (bicyclic) bond motifs is 1. The average molecular weight is 374 g/mol. The van der Waals surface area contributed by atoms with E-state index in [1.54, 1.807) is 11.8 Å². The van der Waals surface area contributed by atoms with E-state index in [-0.39, 0.29) is 17.8 Å². The van der Waals surface area contributed by atoms with E-state index in [1.807, 2.05) is 11.5 Å². The Kier molecular flexibility index (Phi) is 3.91. The summed E-state index contributed by atoms with van der Waals surface area (Å²) in [4.78, 5) is 14.4. The van der Waals surface area contributed by atoms with Crippen LogP contribution in [0, 0.1) is 17.9 Å². The van der Waals surface area contributed by atoms with Crippen molar-refractivity contribution in [3.05, 3.63) is 52.5 Å². The summed E-state index contributed by atoms with van der Waals surface area (Å²) in [7, 11) is 0. The molecule has 0 spiro atoms. The summed E-state index contributed by atoms with van der Waals surface area (Å²) in [6, 6.07) is 5.14. The summed E-state index contributed by atoms with van der Waals surface area (Å²) >= 11 is 1.07. The number of carbonyl (C=O) groups is 1. The number of aryl methyl sites for hydroxylation is 1. The van der Waals surface area contributed by atoms with Gasteiger partial charge in [-0.15, -0.1) is 10.2 Å². The molecule has 8 nitrogen and oxygen atoms in total. The van der Waals surface area contributed by atoms with Gasteiger partial charge in [0.25, 0.3) is 10.9 Å². The van der Waals surface area contributed by atoms with Gasteiger partial charge < -0.3 is 14.7 Å². The van der Waals surface area contributed by atoms with Crippen molar-refractivity contribution in [1.29, 1.82) is 0 Å². The van der Waals surface area contributed by atoms with Crippen molar-refractivity contribution in [1.82, 2.24) is 24.0 Å². The van der Waals surface area contributed by atoms with Crippen LogP contribution in [-0.4, -0.2) is 36.5 Å². The van der Waals surface area contributed by atoms with Crippen molar-refractivity contribution in [2.75, 3.05) is 6.54 Å². The monoisotopic (exact) mass is 374 g/mol. The number of benzene rings is 1. The SMILES string of the molecule is Cc1nsc(-c2nnc3n2CCN(C(=O)c2ccc(F)cc2)[C@@H]3C)[n+]1[O-]. The van der Waals surface area contributed by atoms with Gasteiger partial charge in [0.15, 0.2) is 5.82 Å². The summed E-state index contributed by atoms with van der Waals surface area (Å²) in [5.41, 5.74) is 0.418. The lowest BCUT2D eigenvalue weighted by Gasteiger charge is -2.33. The maximum absolute atomic E-state index is 13.1. The van der Waals surface area contributed by atoms with Crippen LogP contribution in [0.1, 0.15) is 35.0 Å². The minimum Gasteiger partial charge on any atom is -0.710 e. The number of carbonyl (C=O) groups excluding carboxylic acids is 1. The van der Waals surface area contributed by atoms with Crippen molar-refractivity contribution in [2.24, 2.45) is 0 Å². The minimum absolute atomic E-state index is 0.194. The first kappa shape index (κ1) is 16.6. The van der Waals surface area contributed by atoms with Crippen LogP contribution in [0.25, 0.3) is 10.8 Å². The largest absolute Gasteiger partial charge is 0.710 e. The van der Waals surface area contributed by atoms with E-state index in [0.29, 0.717) is 41.1 Å². The molecule has 0 radical (unpaired) electrons. The first-order valence-corrected chi connectivity index (χ1v) is 8.80. The lowest BCUT2D eigenvalue weighted by Crippen LogP contribution is -2.41. The topological polar surface area (TPSA) is 90.9 Å². The van der Waals surface area contributed by atoms with E-state index < -0.39 is 0 Å². The van der Waals surface area contributed by atoms with Crippen LogP contribution in [0.15, 0.2) is 24.3 Å². The zero-order chi connectivity index (χ0) is 18.4. The predicted octanol–water partition coefficient (Wildman–Crippen LogP) is 1.70. The number of amides is 1.